The van der Waals surface area contributed by atoms with Crippen molar-refractivity contribution in [2.45, 2.75) is 26.6 Å². The highest BCUT2D eigenvalue weighted by Gasteiger charge is 2.22. The molecule has 0 spiro atoms. The minimum Gasteiger partial charge on any atom is -0.480 e. The van der Waals surface area contributed by atoms with Gasteiger partial charge in [0.15, 0.2) is 12.5 Å². The van der Waals surface area contributed by atoms with Crippen molar-refractivity contribution >= 4 is 25.6 Å². The van der Waals surface area contributed by atoms with Gasteiger partial charge in [-0.05, 0) is 19.1 Å². The largest absolute Gasteiger partial charge is 0.480 e. The maximum absolute atomic E-state index is 11.9. The number of hydrogen-bond donors (Lipinski definition) is 1. The number of para-hydroxylation sites is 1. The molecule has 0 saturated carbocycles. The summed E-state index contributed by atoms with van der Waals surface area (Å²) in [5.41, 5.74) is -0.503. The molecule has 8 heteroatoms. The first-order chi connectivity index (χ1) is 10.7. The highest BCUT2D eigenvalue weighted by Crippen LogP contribution is 2.33. The fourth-order valence-electron chi connectivity index (χ4n) is 1.41. The van der Waals surface area contributed by atoms with E-state index in [1.165, 1.54) is 6.92 Å². The van der Waals surface area contributed by atoms with Crippen molar-refractivity contribution in [1.82, 2.24) is 0 Å². The molecule has 23 heavy (non-hydrogen) atoms. The minimum atomic E-state index is -2.58. The molecule has 1 aromatic rings. The van der Waals surface area contributed by atoms with Crippen molar-refractivity contribution in [2.75, 3.05) is 19.8 Å². The number of esters is 1. The van der Waals surface area contributed by atoms with Gasteiger partial charge in [-0.2, -0.15) is 0 Å². The summed E-state index contributed by atoms with van der Waals surface area (Å²) in [5.74, 6) is -1.18. The number of aliphatic hydroxyl groups is 1. The number of aliphatic hydroxyl groups excluding tert-OH is 1. The van der Waals surface area contributed by atoms with Crippen LogP contribution in [-0.4, -0.2) is 36.7 Å². The summed E-state index contributed by atoms with van der Waals surface area (Å²) < 4.78 is 27.4. The number of carbonyl (C=O) groups excluding carboxylic acids is 1. The second-order valence-corrected chi connectivity index (χ2v) is 7.93. The normalized spacial score (nSPS) is 14.1. The fraction of sp³-hybridized carbons (Fsp3) is 0.533. The number of carbonyl (C=O) groups is 1. The smallest absolute Gasteiger partial charge is 0.344 e. The Morgan fingerprint density at radius 2 is 2.04 bits per heavy atom. The van der Waals surface area contributed by atoms with E-state index in [1.807, 2.05) is 0 Å². The molecule has 2 unspecified atom stereocenters. The van der Waals surface area contributed by atoms with Crippen molar-refractivity contribution in [3.05, 3.63) is 29.3 Å². The van der Waals surface area contributed by atoms with E-state index in [0.717, 1.165) is 0 Å². The zero-order valence-electron chi connectivity index (χ0n) is 13.4. The Kier molecular flexibility index (Phi) is 8.06. The molecule has 0 saturated heterocycles. The van der Waals surface area contributed by atoms with E-state index in [-0.39, 0.29) is 19.8 Å². The molecule has 0 aromatic heterocycles. The van der Waals surface area contributed by atoms with Gasteiger partial charge in [0.25, 0.3) is 0 Å². The van der Waals surface area contributed by atoms with E-state index < -0.39 is 25.3 Å². The number of hydrogen-bond acceptors (Lipinski definition) is 6. The Labute approximate surface area is 141 Å². The predicted molar refractivity (Wildman–Crippen MR) is 88.3 cm³/mol. The third-order valence-corrected chi connectivity index (χ3v) is 4.38. The Balaban J connectivity index is 2.38. The summed E-state index contributed by atoms with van der Waals surface area (Å²) in [5, 5.41) is 9.49. The van der Waals surface area contributed by atoms with Crippen molar-refractivity contribution in [3.63, 3.8) is 0 Å². The van der Waals surface area contributed by atoms with Crippen molar-refractivity contribution in [2.24, 2.45) is 5.41 Å². The lowest BCUT2D eigenvalue weighted by molar-refractivity contribution is -0.147. The molecule has 0 aliphatic heterocycles. The first-order valence-electron chi connectivity index (χ1n) is 7.09. The zero-order valence-corrected chi connectivity index (χ0v) is 15.1. The summed E-state index contributed by atoms with van der Waals surface area (Å²) in [6.07, 6.45) is 0. The van der Waals surface area contributed by atoms with E-state index >= 15 is 0 Å². The maximum Gasteiger partial charge on any atom is 0.344 e. The summed E-state index contributed by atoms with van der Waals surface area (Å²) in [6, 6.07) is 6.74. The van der Waals surface area contributed by atoms with Gasteiger partial charge in [-0.3, -0.25) is 4.57 Å². The topological polar surface area (TPSA) is 82.1 Å². The van der Waals surface area contributed by atoms with E-state index in [4.69, 9.17) is 30.7 Å². The quantitative estimate of drug-likeness (QED) is 0.535. The molecule has 1 N–H and O–H groups in total. The Morgan fingerprint density at radius 1 is 1.39 bits per heavy atom. The molecule has 0 radical (unpaired) electrons. The standard InChI is InChI=1S/C15H22ClO6P/c1-11(23(19)21-10-15(2,3)9-17)22-14(18)8-20-13-7-5-4-6-12(13)16/h4-7,11,17,23H,8-10H2,1-3H3. The van der Waals surface area contributed by atoms with Gasteiger partial charge in [-0.1, -0.05) is 37.6 Å². The maximum atomic E-state index is 11.9. The average Bonchev–Trinajstić information content (AvgIpc) is 2.51. The van der Waals surface area contributed by atoms with Crippen LogP contribution in [0.2, 0.25) is 5.02 Å². The molecule has 0 heterocycles. The van der Waals surface area contributed by atoms with Crippen LogP contribution in [0.3, 0.4) is 0 Å². The van der Waals surface area contributed by atoms with Crippen molar-refractivity contribution < 1.29 is 28.5 Å². The molecule has 1 aromatic carbocycles. The predicted octanol–water partition coefficient (Wildman–Crippen LogP) is 3.12. The highest BCUT2D eigenvalue weighted by molar-refractivity contribution is 7.39. The van der Waals surface area contributed by atoms with Crippen LogP contribution in [0.5, 0.6) is 5.75 Å². The van der Waals surface area contributed by atoms with Crippen molar-refractivity contribution in [1.29, 1.82) is 0 Å². The molecular weight excluding hydrogens is 343 g/mol. The lowest BCUT2D eigenvalue weighted by Crippen LogP contribution is -2.24. The first-order valence-corrected chi connectivity index (χ1v) is 8.86. The van der Waals surface area contributed by atoms with Crippen LogP contribution in [0.15, 0.2) is 24.3 Å². The first kappa shape index (κ1) is 20.0. The Morgan fingerprint density at radius 3 is 2.65 bits per heavy atom. The number of benzene rings is 1. The SMILES string of the molecule is CC(OC(=O)COc1ccccc1Cl)[PH](=O)OCC(C)(C)CO. The fourth-order valence-corrected chi connectivity index (χ4v) is 2.59. The summed E-state index contributed by atoms with van der Waals surface area (Å²) >= 11 is 5.90. The molecule has 130 valence electrons. The molecule has 0 amide bonds. The van der Waals surface area contributed by atoms with E-state index in [1.54, 1.807) is 38.1 Å². The van der Waals surface area contributed by atoms with Gasteiger partial charge in [-0.25, -0.2) is 4.79 Å². The van der Waals surface area contributed by atoms with Gasteiger partial charge in [0.1, 0.15) is 5.75 Å². The van der Waals surface area contributed by atoms with Gasteiger partial charge in [-0.15, -0.1) is 0 Å². The summed E-state index contributed by atoms with van der Waals surface area (Å²) in [4.78, 5) is 11.7. The van der Waals surface area contributed by atoms with Crippen LogP contribution < -0.4 is 4.74 Å². The van der Waals surface area contributed by atoms with Crippen LogP contribution >= 0.6 is 19.6 Å². The van der Waals surface area contributed by atoms with Gasteiger partial charge >= 0.3 is 5.97 Å². The molecule has 0 fully saturated rings. The van der Waals surface area contributed by atoms with Crippen molar-refractivity contribution in [3.8, 4) is 5.75 Å². The van der Waals surface area contributed by atoms with Gasteiger partial charge in [0.2, 0.25) is 8.03 Å². The highest BCUT2D eigenvalue weighted by atomic mass is 35.5. The molecule has 0 aliphatic carbocycles. The number of halogens is 1. The monoisotopic (exact) mass is 364 g/mol. The molecule has 1 rings (SSSR count). The molecule has 2 atom stereocenters. The molecule has 6 nitrogen and oxygen atoms in total. The molecule has 0 aliphatic rings. The Hall–Kier alpha value is -1.07. The van der Waals surface area contributed by atoms with Gasteiger partial charge < -0.3 is 19.1 Å². The van der Waals surface area contributed by atoms with E-state index in [9.17, 15) is 9.36 Å². The third kappa shape index (κ3) is 7.36. The van der Waals surface area contributed by atoms with E-state index in [0.29, 0.717) is 10.8 Å². The zero-order chi connectivity index (χ0) is 17.5. The second kappa shape index (κ2) is 9.28. The third-order valence-electron chi connectivity index (χ3n) is 2.86. The minimum absolute atomic E-state index is 0.0952. The van der Waals surface area contributed by atoms with Crippen LogP contribution in [0.25, 0.3) is 0 Å². The van der Waals surface area contributed by atoms with Gasteiger partial charge in [0.05, 0.1) is 18.2 Å². The average molecular weight is 365 g/mol. The number of rotatable bonds is 9. The van der Waals surface area contributed by atoms with Crippen LogP contribution in [0, 0.1) is 5.41 Å². The lowest BCUT2D eigenvalue weighted by atomic mass is 9.97. The van der Waals surface area contributed by atoms with Crippen LogP contribution in [-0.2, 0) is 18.6 Å². The van der Waals surface area contributed by atoms with Gasteiger partial charge in [0, 0.05) is 5.41 Å². The van der Waals surface area contributed by atoms with Crippen LogP contribution in [0.4, 0.5) is 0 Å². The molecule has 0 bridgehead atoms. The second-order valence-electron chi connectivity index (χ2n) is 5.78. The Bertz CT molecular complexity index is 549. The molecular formula is C15H22ClO6P. The summed E-state index contributed by atoms with van der Waals surface area (Å²) in [6.45, 7) is 4.71. The lowest BCUT2D eigenvalue weighted by Gasteiger charge is -2.22. The van der Waals surface area contributed by atoms with E-state index in [2.05, 4.69) is 0 Å². The number of ether oxygens (including phenoxy) is 2. The van der Waals surface area contributed by atoms with Crippen LogP contribution in [0.1, 0.15) is 20.8 Å². The summed E-state index contributed by atoms with van der Waals surface area (Å²) in [7, 11) is -2.58.